The molecule has 2 rings (SSSR count). The van der Waals surface area contributed by atoms with Gasteiger partial charge in [-0.2, -0.15) is 0 Å². The first-order chi connectivity index (χ1) is 7.97. The number of pyridine rings is 1. The fourth-order valence-electron chi connectivity index (χ4n) is 1.68. The van der Waals surface area contributed by atoms with Crippen LogP contribution in [0.15, 0.2) is 29.1 Å². The molecule has 1 N–H and O–H groups in total. The van der Waals surface area contributed by atoms with Crippen LogP contribution >= 0.6 is 11.6 Å². The minimum Gasteiger partial charge on any atom is -0.358 e. The molecule has 17 heavy (non-hydrogen) atoms. The Morgan fingerprint density at radius 3 is 2.53 bits per heavy atom. The van der Waals surface area contributed by atoms with Gasteiger partial charge in [0.15, 0.2) is 5.43 Å². The number of aromatic nitrogens is 1. The molecule has 0 amide bonds. The third-order valence-corrected chi connectivity index (χ3v) is 2.83. The first-order valence-corrected chi connectivity index (χ1v) is 5.52. The van der Waals surface area contributed by atoms with Gasteiger partial charge in [-0.25, -0.2) is 4.39 Å². The van der Waals surface area contributed by atoms with Gasteiger partial charge in [0, 0.05) is 23.4 Å². The van der Waals surface area contributed by atoms with Crippen molar-refractivity contribution in [3.8, 4) is 11.3 Å². The van der Waals surface area contributed by atoms with Crippen molar-refractivity contribution in [1.29, 1.82) is 0 Å². The van der Waals surface area contributed by atoms with Gasteiger partial charge in [-0.3, -0.25) is 4.79 Å². The van der Waals surface area contributed by atoms with Gasteiger partial charge in [0.25, 0.3) is 0 Å². The summed E-state index contributed by atoms with van der Waals surface area (Å²) in [5.41, 5.74) is 2.08. The molecule has 88 valence electrons. The highest BCUT2D eigenvalue weighted by molar-refractivity contribution is 6.33. The van der Waals surface area contributed by atoms with Crippen LogP contribution in [0.2, 0.25) is 5.02 Å². The summed E-state index contributed by atoms with van der Waals surface area (Å²) in [7, 11) is 0. The van der Waals surface area contributed by atoms with Crippen LogP contribution < -0.4 is 5.43 Å². The lowest BCUT2D eigenvalue weighted by atomic mass is 10.1. The Morgan fingerprint density at radius 2 is 1.88 bits per heavy atom. The number of halogens is 2. The summed E-state index contributed by atoms with van der Waals surface area (Å²) >= 11 is 6.05. The van der Waals surface area contributed by atoms with Gasteiger partial charge < -0.3 is 4.98 Å². The molecule has 0 unspecified atom stereocenters. The number of nitrogens with one attached hydrogen (secondary N) is 1. The summed E-state index contributed by atoms with van der Waals surface area (Å²) < 4.78 is 13.5. The van der Waals surface area contributed by atoms with Crippen LogP contribution in [0.3, 0.4) is 0 Å². The average Bonchev–Trinajstić information content (AvgIpc) is 2.22. The Balaban J connectivity index is 2.68. The molecule has 0 radical (unpaired) electrons. The molecular formula is C13H11ClFNO. The molecule has 1 aromatic carbocycles. The van der Waals surface area contributed by atoms with E-state index in [1.54, 1.807) is 19.9 Å². The maximum atomic E-state index is 13.5. The van der Waals surface area contributed by atoms with Crippen LogP contribution in [0, 0.1) is 19.7 Å². The zero-order valence-corrected chi connectivity index (χ0v) is 10.2. The summed E-state index contributed by atoms with van der Waals surface area (Å²) in [6, 6.07) is 5.76. The second kappa shape index (κ2) is 4.34. The Hall–Kier alpha value is -1.61. The van der Waals surface area contributed by atoms with Crippen LogP contribution in [0.1, 0.15) is 11.3 Å². The molecule has 2 aromatic rings. The molecule has 0 aliphatic heterocycles. The highest BCUT2D eigenvalue weighted by Gasteiger charge is 2.09. The van der Waals surface area contributed by atoms with Gasteiger partial charge in [-0.1, -0.05) is 11.6 Å². The standard InChI is InChI=1S/C13H11ClFNO/c1-7-3-11(14)10(6-12(7)15)13-5-9(17)4-8(2)16-13/h3-6H,1-2H3,(H,16,17). The maximum absolute atomic E-state index is 13.5. The molecular weight excluding hydrogens is 241 g/mol. The number of aryl methyl sites for hydroxylation is 2. The van der Waals surface area contributed by atoms with E-state index in [1.165, 1.54) is 18.2 Å². The van der Waals surface area contributed by atoms with E-state index in [0.717, 1.165) is 0 Å². The summed E-state index contributed by atoms with van der Waals surface area (Å²) in [5, 5.41) is 0.421. The normalized spacial score (nSPS) is 10.6. The summed E-state index contributed by atoms with van der Waals surface area (Å²) in [4.78, 5) is 14.4. The molecule has 0 spiro atoms. The molecule has 0 aliphatic carbocycles. The Morgan fingerprint density at radius 1 is 1.18 bits per heavy atom. The Kier molecular flexibility index (Phi) is 3.03. The molecule has 0 atom stereocenters. The molecule has 0 bridgehead atoms. The smallest absolute Gasteiger partial charge is 0.182 e. The number of benzene rings is 1. The van der Waals surface area contributed by atoms with Gasteiger partial charge >= 0.3 is 0 Å². The van der Waals surface area contributed by atoms with Crippen molar-refractivity contribution < 1.29 is 4.39 Å². The Labute approximate surface area is 103 Å². The molecule has 0 saturated carbocycles. The number of H-pyrrole nitrogens is 1. The van der Waals surface area contributed by atoms with E-state index >= 15 is 0 Å². The van der Waals surface area contributed by atoms with Crippen molar-refractivity contribution >= 4 is 11.6 Å². The molecule has 4 heteroatoms. The van der Waals surface area contributed by atoms with Crippen molar-refractivity contribution in [1.82, 2.24) is 4.98 Å². The largest absolute Gasteiger partial charge is 0.358 e. The highest BCUT2D eigenvalue weighted by Crippen LogP contribution is 2.28. The van der Waals surface area contributed by atoms with E-state index in [0.29, 0.717) is 27.5 Å². The molecule has 0 aliphatic rings. The summed E-state index contributed by atoms with van der Waals surface area (Å²) in [6.45, 7) is 3.41. The van der Waals surface area contributed by atoms with Gasteiger partial charge in [-0.15, -0.1) is 0 Å². The molecule has 1 aromatic heterocycles. The van der Waals surface area contributed by atoms with Crippen molar-refractivity contribution in [2.75, 3.05) is 0 Å². The quantitative estimate of drug-likeness (QED) is 0.827. The van der Waals surface area contributed by atoms with E-state index in [1.807, 2.05) is 0 Å². The topological polar surface area (TPSA) is 32.9 Å². The molecule has 0 fully saturated rings. The third-order valence-electron chi connectivity index (χ3n) is 2.52. The van der Waals surface area contributed by atoms with Gasteiger partial charge in [-0.05, 0) is 31.5 Å². The third kappa shape index (κ3) is 2.39. The highest BCUT2D eigenvalue weighted by atomic mass is 35.5. The van der Waals surface area contributed by atoms with Crippen LogP contribution in [-0.4, -0.2) is 4.98 Å². The van der Waals surface area contributed by atoms with Gasteiger partial charge in [0.1, 0.15) is 5.82 Å². The second-order valence-electron chi connectivity index (χ2n) is 3.99. The number of hydrogen-bond donors (Lipinski definition) is 1. The Bertz CT molecular complexity index is 634. The van der Waals surface area contributed by atoms with Crippen LogP contribution in [-0.2, 0) is 0 Å². The minimum absolute atomic E-state index is 0.131. The first kappa shape index (κ1) is 11.9. The molecule has 1 heterocycles. The van der Waals surface area contributed by atoms with E-state index in [9.17, 15) is 9.18 Å². The predicted octanol–water partition coefficient (Wildman–Crippen LogP) is 3.45. The van der Waals surface area contributed by atoms with Crippen molar-refractivity contribution in [3.63, 3.8) is 0 Å². The second-order valence-corrected chi connectivity index (χ2v) is 4.40. The van der Waals surface area contributed by atoms with Crippen molar-refractivity contribution in [2.24, 2.45) is 0 Å². The number of rotatable bonds is 1. The van der Waals surface area contributed by atoms with E-state index < -0.39 is 0 Å². The lowest BCUT2D eigenvalue weighted by Gasteiger charge is -2.07. The van der Waals surface area contributed by atoms with Crippen molar-refractivity contribution in [2.45, 2.75) is 13.8 Å². The number of aromatic amines is 1. The zero-order valence-electron chi connectivity index (χ0n) is 9.47. The lowest BCUT2D eigenvalue weighted by Crippen LogP contribution is -2.02. The number of hydrogen-bond acceptors (Lipinski definition) is 1. The van der Waals surface area contributed by atoms with Crippen LogP contribution in [0.25, 0.3) is 11.3 Å². The average molecular weight is 252 g/mol. The fourth-order valence-corrected chi connectivity index (χ4v) is 2.00. The lowest BCUT2D eigenvalue weighted by molar-refractivity contribution is 0.619. The van der Waals surface area contributed by atoms with E-state index in [2.05, 4.69) is 4.98 Å². The van der Waals surface area contributed by atoms with Crippen LogP contribution in [0.4, 0.5) is 4.39 Å². The maximum Gasteiger partial charge on any atom is 0.182 e. The van der Waals surface area contributed by atoms with Crippen LogP contribution in [0.5, 0.6) is 0 Å². The van der Waals surface area contributed by atoms with E-state index in [4.69, 9.17) is 11.6 Å². The van der Waals surface area contributed by atoms with Gasteiger partial charge in [0.05, 0.1) is 10.7 Å². The fraction of sp³-hybridized carbons (Fsp3) is 0.154. The minimum atomic E-state index is -0.341. The van der Waals surface area contributed by atoms with Crippen molar-refractivity contribution in [3.05, 3.63) is 56.6 Å². The monoisotopic (exact) mass is 251 g/mol. The van der Waals surface area contributed by atoms with E-state index in [-0.39, 0.29) is 11.2 Å². The zero-order chi connectivity index (χ0) is 12.6. The SMILES string of the molecule is Cc1cc(=O)cc(-c2cc(F)c(C)cc2Cl)[nH]1. The molecule has 2 nitrogen and oxygen atoms in total. The summed E-state index contributed by atoms with van der Waals surface area (Å²) in [6.07, 6.45) is 0. The molecule has 0 saturated heterocycles. The summed E-state index contributed by atoms with van der Waals surface area (Å²) in [5.74, 6) is -0.341. The van der Waals surface area contributed by atoms with Gasteiger partial charge in [0.2, 0.25) is 0 Å². The first-order valence-electron chi connectivity index (χ1n) is 5.14. The predicted molar refractivity (Wildman–Crippen MR) is 66.9 cm³/mol.